The van der Waals surface area contributed by atoms with Gasteiger partial charge in [0.05, 0.1) is 27.7 Å². The molecule has 4 N–H and O–H groups in total. The standard InChI is InChI=1S/C38H35N5OS/c39-22-23-40-32-21-20-30-33(42-43-34-19-11-10-18-31(34)37(44)35(32)36(30)43)26-45-25-24-41-38(27-12-4-1-5-13-27,28-14-6-2-7-15-28)29-16-8-3-9-17-29/h1-21,40-41H,22-26,39H2. The first kappa shape index (κ1) is 29.0. The molecule has 5 aromatic carbocycles. The van der Waals surface area contributed by atoms with Gasteiger partial charge in [-0.1, -0.05) is 103 Å². The monoisotopic (exact) mass is 609 g/mol. The summed E-state index contributed by atoms with van der Waals surface area (Å²) in [5.41, 5.74) is 12.4. The van der Waals surface area contributed by atoms with Crippen LogP contribution >= 0.6 is 11.8 Å². The van der Waals surface area contributed by atoms with Crippen LogP contribution in [0.3, 0.4) is 0 Å². The van der Waals surface area contributed by atoms with Gasteiger partial charge in [-0.15, -0.1) is 0 Å². The van der Waals surface area contributed by atoms with Crippen LogP contribution in [-0.2, 0) is 11.3 Å². The third kappa shape index (κ3) is 5.23. The number of hydrogen-bond acceptors (Lipinski definition) is 6. The highest BCUT2D eigenvalue weighted by Crippen LogP contribution is 2.37. The van der Waals surface area contributed by atoms with E-state index < -0.39 is 5.54 Å². The molecular weight excluding hydrogens is 575 g/mol. The van der Waals surface area contributed by atoms with Gasteiger partial charge in [0, 0.05) is 47.6 Å². The predicted molar refractivity (Wildman–Crippen MR) is 189 cm³/mol. The van der Waals surface area contributed by atoms with E-state index in [1.165, 1.54) is 16.7 Å². The van der Waals surface area contributed by atoms with Crippen molar-refractivity contribution in [1.29, 1.82) is 0 Å². The number of aromatic nitrogens is 2. The minimum absolute atomic E-state index is 0.0191. The van der Waals surface area contributed by atoms with Crippen molar-refractivity contribution < 1.29 is 0 Å². The Hall–Kier alpha value is -4.69. The Morgan fingerprint density at radius 1 is 0.711 bits per heavy atom. The van der Waals surface area contributed by atoms with Crippen molar-refractivity contribution in [3.8, 4) is 0 Å². The summed E-state index contributed by atoms with van der Waals surface area (Å²) in [6, 6.07) is 43.8. The van der Waals surface area contributed by atoms with E-state index >= 15 is 0 Å². The fourth-order valence-electron chi connectivity index (χ4n) is 6.47. The Labute approximate surface area is 266 Å². The molecular formula is C38H35N5OS. The maximum absolute atomic E-state index is 13.7. The molecule has 0 saturated heterocycles. The average molecular weight is 610 g/mol. The largest absolute Gasteiger partial charge is 0.383 e. The third-order valence-corrected chi connectivity index (χ3v) is 9.45. The van der Waals surface area contributed by atoms with E-state index in [2.05, 4.69) is 108 Å². The number of nitrogens with one attached hydrogen (secondary N) is 2. The summed E-state index contributed by atoms with van der Waals surface area (Å²) in [6.45, 7) is 1.85. The molecule has 2 heterocycles. The molecule has 0 aliphatic heterocycles. The Kier molecular flexibility index (Phi) is 8.22. The van der Waals surface area contributed by atoms with Crippen molar-refractivity contribution in [2.75, 3.05) is 30.7 Å². The van der Waals surface area contributed by atoms with E-state index in [9.17, 15) is 4.79 Å². The number of pyridine rings is 1. The fraction of sp³-hybridized carbons (Fsp3) is 0.158. The minimum Gasteiger partial charge on any atom is -0.383 e. The molecule has 0 atom stereocenters. The van der Waals surface area contributed by atoms with Crippen LogP contribution in [0.5, 0.6) is 0 Å². The molecule has 0 saturated carbocycles. The topological polar surface area (TPSA) is 84.4 Å². The lowest BCUT2D eigenvalue weighted by Gasteiger charge is -2.37. The van der Waals surface area contributed by atoms with Crippen LogP contribution in [0.15, 0.2) is 132 Å². The average Bonchev–Trinajstić information content (AvgIpc) is 3.48. The van der Waals surface area contributed by atoms with Crippen LogP contribution in [0.1, 0.15) is 22.4 Å². The summed E-state index contributed by atoms with van der Waals surface area (Å²) in [5.74, 6) is 1.60. The first-order valence-electron chi connectivity index (χ1n) is 15.3. The summed E-state index contributed by atoms with van der Waals surface area (Å²) >= 11 is 1.84. The lowest BCUT2D eigenvalue weighted by atomic mass is 9.77. The number of fused-ring (bicyclic) bond motifs is 2. The molecule has 0 aliphatic carbocycles. The number of thioether (sulfide) groups is 1. The predicted octanol–water partition coefficient (Wildman–Crippen LogP) is 6.62. The molecule has 224 valence electrons. The van der Waals surface area contributed by atoms with E-state index in [0.717, 1.165) is 45.9 Å². The molecule has 0 radical (unpaired) electrons. The summed E-state index contributed by atoms with van der Waals surface area (Å²) < 4.78 is 1.95. The first-order valence-corrected chi connectivity index (χ1v) is 16.5. The smallest absolute Gasteiger partial charge is 0.199 e. The zero-order valence-electron chi connectivity index (χ0n) is 24.9. The number of hydrogen-bond donors (Lipinski definition) is 3. The van der Waals surface area contributed by atoms with Gasteiger partial charge in [-0.3, -0.25) is 10.1 Å². The Bertz CT molecular complexity index is 2000. The van der Waals surface area contributed by atoms with E-state index in [1.807, 2.05) is 46.6 Å². The maximum Gasteiger partial charge on any atom is 0.199 e. The number of rotatable bonds is 12. The number of benzene rings is 5. The number of anilines is 1. The SMILES string of the molecule is NCCNc1ccc2c(CSCCNC(c3ccccc3)(c3ccccc3)c3ccccc3)nn3c4ccccc4c(=O)c1c23. The van der Waals surface area contributed by atoms with Crippen LogP contribution in [0, 0.1) is 0 Å². The van der Waals surface area contributed by atoms with Gasteiger partial charge in [0.25, 0.3) is 0 Å². The quantitative estimate of drug-likeness (QED) is 0.0820. The van der Waals surface area contributed by atoms with Crippen molar-refractivity contribution in [2.24, 2.45) is 5.73 Å². The van der Waals surface area contributed by atoms with E-state index in [0.29, 0.717) is 23.9 Å². The third-order valence-electron chi connectivity index (χ3n) is 8.48. The zero-order chi connectivity index (χ0) is 30.6. The molecule has 7 rings (SSSR count). The molecule has 45 heavy (non-hydrogen) atoms. The normalized spacial score (nSPS) is 11.9. The molecule has 0 unspecified atom stereocenters. The van der Waals surface area contributed by atoms with Crippen LogP contribution in [0.4, 0.5) is 5.69 Å². The van der Waals surface area contributed by atoms with Gasteiger partial charge < -0.3 is 11.1 Å². The van der Waals surface area contributed by atoms with Gasteiger partial charge in [0.1, 0.15) is 0 Å². The Balaban J connectivity index is 1.19. The van der Waals surface area contributed by atoms with Gasteiger partial charge >= 0.3 is 0 Å². The summed E-state index contributed by atoms with van der Waals surface area (Å²) in [5, 5.41) is 14.8. The van der Waals surface area contributed by atoms with Crippen molar-refractivity contribution in [2.45, 2.75) is 11.3 Å². The van der Waals surface area contributed by atoms with Gasteiger partial charge in [0.2, 0.25) is 0 Å². The van der Waals surface area contributed by atoms with Crippen LogP contribution in [0.25, 0.3) is 27.2 Å². The van der Waals surface area contributed by atoms with Crippen LogP contribution < -0.4 is 21.8 Å². The van der Waals surface area contributed by atoms with E-state index in [-0.39, 0.29) is 5.43 Å². The van der Waals surface area contributed by atoms with Gasteiger partial charge in [0.15, 0.2) is 5.43 Å². The minimum atomic E-state index is -0.497. The molecule has 0 bridgehead atoms. The van der Waals surface area contributed by atoms with Gasteiger partial charge in [-0.25, -0.2) is 4.52 Å². The summed E-state index contributed by atoms with van der Waals surface area (Å²) in [7, 11) is 0. The van der Waals surface area contributed by atoms with E-state index in [1.54, 1.807) is 0 Å². The number of nitrogens with two attached hydrogens (primary N) is 1. The van der Waals surface area contributed by atoms with Crippen LogP contribution in [-0.4, -0.2) is 35.0 Å². The second-order valence-corrected chi connectivity index (χ2v) is 12.2. The lowest BCUT2D eigenvalue weighted by Crippen LogP contribution is -2.45. The first-order chi connectivity index (χ1) is 22.2. The Morgan fingerprint density at radius 2 is 1.31 bits per heavy atom. The molecule has 7 heteroatoms. The van der Waals surface area contributed by atoms with Crippen molar-refractivity contribution >= 4 is 44.6 Å². The molecule has 0 fully saturated rings. The van der Waals surface area contributed by atoms with Crippen molar-refractivity contribution in [3.63, 3.8) is 0 Å². The number of nitrogens with zero attached hydrogens (tertiary/aromatic N) is 2. The molecule has 6 nitrogen and oxygen atoms in total. The molecule has 0 aliphatic rings. The summed E-state index contributed by atoms with van der Waals surface area (Å²) in [6.07, 6.45) is 0. The molecule has 2 aromatic heterocycles. The van der Waals surface area contributed by atoms with Crippen molar-refractivity contribution in [1.82, 2.24) is 14.9 Å². The van der Waals surface area contributed by atoms with Gasteiger partial charge in [-0.2, -0.15) is 16.9 Å². The second kappa shape index (κ2) is 12.7. The molecule has 7 aromatic rings. The summed E-state index contributed by atoms with van der Waals surface area (Å²) in [4.78, 5) is 13.7. The Morgan fingerprint density at radius 3 is 1.93 bits per heavy atom. The van der Waals surface area contributed by atoms with Crippen LogP contribution in [0.2, 0.25) is 0 Å². The van der Waals surface area contributed by atoms with Crippen molar-refractivity contribution in [3.05, 3.63) is 160 Å². The lowest BCUT2D eigenvalue weighted by molar-refractivity contribution is 0.490. The molecule has 0 amide bonds. The number of para-hydroxylation sites is 1. The highest BCUT2D eigenvalue weighted by Gasteiger charge is 2.35. The highest BCUT2D eigenvalue weighted by molar-refractivity contribution is 7.98. The highest BCUT2D eigenvalue weighted by atomic mass is 32.2. The fourth-order valence-corrected chi connectivity index (χ4v) is 7.27. The maximum atomic E-state index is 13.7. The second-order valence-electron chi connectivity index (χ2n) is 11.1. The molecule has 0 spiro atoms. The zero-order valence-corrected chi connectivity index (χ0v) is 25.8. The van der Waals surface area contributed by atoms with Gasteiger partial charge in [-0.05, 0) is 41.0 Å². The van der Waals surface area contributed by atoms with E-state index in [4.69, 9.17) is 10.8 Å².